The van der Waals surface area contributed by atoms with Gasteiger partial charge < -0.3 is 5.41 Å². The summed E-state index contributed by atoms with van der Waals surface area (Å²) in [6.07, 6.45) is 5.36. The Hall–Kier alpha value is -4.63. The van der Waals surface area contributed by atoms with Gasteiger partial charge in [-0.05, 0) is 58.0 Å². The van der Waals surface area contributed by atoms with Crippen LogP contribution in [-0.2, 0) is 0 Å². The van der Waals surface area contributed by atoms with E-state index in [-0.39, 0.29) is 0 Å². The second kappa shape index (κ2) is 9.47. The van der Waals surface area contributed by atoms with Gasteiger partial charge in [0.15, 0.2) is 0 Å². The number of fused-ring (bicyclic) bond motifs is 1. The minimum atomic E-state index is 0.388. The molecule has 0 unspecified atom stereocenters. The van der Waals surface area contributed by atoms with Gasteiger partial charge in [-0.25, -0.2) is 0 Å². The van der Waals surface area contributed by atoms with Crippen molar-refractivity contribution in [1.29, 1.82) is 5.41 Å². The van der Waals surface area contributed by atoms with Gasteiger partial charge in [0.05, 0.1) is 11.4 Å². The van der Waals surface area contributed by atoms with E-state index in [1.54, 1.807) is 12.3 Å². The van der Waals surface area contributed by atoms with Crippen molar-refractivity contribution in [3.05, 3.63) is 133 Å². The molecule has 5 aromatic rings. The van der Waals surface area contributed by atoms with Crippen LogP contribution in [0.3, 0.4) is 0 Å². The molecular weight excluding hydrogens is 414 g/mol. The van der Waals surface area contributed by atoms with Gasteiger partial charge >= 0.3 is 0 Å². The number of nitrogens with one attached hydrogen (secondary N) is 1. The summed E-state index contributed by atoms with van der Waals surface area (Å²) in [4.78, 5) is 8.42. The maximum absolute atomic E-state index is 8.66. The van der Waals surface area contributed by atoms with E-state index in [1.165, 1.54) is 16.3 Å². The van der Waals surface area contributed by atoms with Gasteiger partial charge in [-0.15, -0.1) is 0 Å². The lowest BCUT2D eigenvalue weighted by atomic mass is 9.96. The van der Waals surface area contributed by atoms with E-state index in [9.17, 15) is 0 Å². The number of allylic oxidation sites excluding steroid dienone is 1. The highest BCUT2D eigenvalue weighted by atomic mass is 14.7. The number of pyridine rings is 1. The van der Waals surface area contributed by atoms with Crippen LogP contribution in [0.5, 0.6) is 0 Å². The average Bonchev–Trinajstić information content (AvgIpc) is 2.92. The van der Waals surface area contributed by atoms with Crippen molar-refractivity contribution in [3.8, 4) is 22.3 Å². The SMILES string of the molecule is C=N/C(=C\C(=N)c1ccc(-c2cccc3ccccc23)cc1)c1cccc(-c2cccnc2)c1. The van der Waals surface area contributed by atoms with Crippen molar-refractivity contribution < 1.29 is 0 Å². The third kappa shape index (κ3) is 4.32. The number of hydrogen-bond acceptors (Lipinski definition) is 3. The van der Waals surface area contributed by atoms with Crippen molar-refractivity contribution >= 4 is 28.9 Å². The molecule has 0 saturated heterocycles. The van der Waals surface area contributed by atoms with Gasteiger partial charge in [0.25, 0.3) is 0 Å². The monoisotopic (exact) mass is 437 g/mol. The molecule has 1 N–H and O–H groups in total. The molecule has 34 heavy (non-hydrogen) atoms. The summed E-state index contributed by atoms with van der Waals surface area (Å²) in [7, 11) is 0. The first-order chi connectivity index (χ1) is 16.7. The quantitative estimate of drug-likeness (QED) is 0.272. The van der Waals surface area contributed by atoms with Gasteiger partial charge in [-0.3, -0.25) is 9.98 Å². The van der Waals surface area contributed by atoms with Crippen molar-refractivity contribution in [1.82, 2.24) is 4.98 Å². The lowest BCUT2D eigenvalue weighted by molar-refractivity contribution is 1.33. The normalized spacial score (nSPS) is 11.4. The summed E-state index contributed by atoms with van der Waals surface area (Å²) >= 11 is 0. The molecule has 0 fully saturated rings. The molecule has 0 amide bonds. The molecule has 0 bridgehead atoms. The molecular formula is C31H23N3. The predicted molar refractivity (Wildman–Crippen MR) is 143 cm³/mol. The lowest BCUT2D eigenvalue weighted by Gasteiger charge is -2.09. The second-order valence-electron chi connectivity index (χ2n) is 8.03. The zero-order valence-electron chi connectivity index (χ0n) is 18.6. The van der Waals surface area contributed by atoms with E-state index in [2.05, 4.69) is 77.4 Å². The van der Waals surface area contributed by atoms with Gasteiger partial charge in [-0.1, -0.05) is 91.0 Å². The van der Waals surface area contributed by atoms with E-state index < -0.39 is 0 Å². The molecule has 3 heteroatoms. The van der Waals surface area contributed by atoms with Crippen molar-refractivity contribution in [3.63, 3.8) is 0 Å². The van der Waals surface area contributed by atoms with Gasteiger partial charge in [0.1, 0.15) is 0 Å². The minimum absolute atomic E-state index is 0.388. The number of rotatable bonds is 6. The Morgan fingerprint density at radius 2 is 1.50 bits per heavy atom. The molecule has 0 spiro atoms. The standard InChI is InChI=1S/C31H23N3/c1-33-31(26-10-4-9-25(19-26)27-11-6-18-34-21-27)20-30(32)24-16-14-23(15-17-24)29-13-5-8-22-7-2-3-12-28(22)29/h2-21,32H,1H2/b31-20-,32-30?. The van der Waals surface area contributed by atoms with E-state index in [4.69, 9.17) is 5.41 Å². The summed E-state index contributed by atoms with van der Waals surface area (Å²) < 4.78 is 0. The highest BCUT2D eigenvalue weighted by Crippen LogP contribution is 2.29. The van der Waals surface area contributed by atoms with Crippen LogP contribution < -0.4 is 0 Å². The predicted octanol–water partition coefficient (Wildman–Crippen LogP) is 7.68. The van der Waals surface area contributed by atoms with E-state index in [0.29, 0.717) is 11.4 Å². The lowest BCUT2D eigenvalue weighted by Crippen LogP contribution is -1.96. The first-order valence-electron chi connectivity index (χ1n) is 11.1. The first-order valence-corrected chi connectivity index (χ1v) is 11.1. The topological polar surface area (TPSA) is 49.1 Å². The summed E-state index contributed by atoms with van der Waals surface area (Å²) in [6, 6.07) is 34.9. The maximum atomic E-state index is 8.66. The molecule has 0 aliphatic carbocycles. The van der Waals surface area contributed by atoms with Gasteiger partial charge in [-0.2, -0.15) is 0 Å². The highest BCUT2D eigenvalue weighted by molar-refractivity contribution is 6.10. The maximum Gasteiger partial charge on any atom is 0.0716 e. The zero-order valence-corrected chi connectivity index (χ0v) is 18.6. The average molecular weight is 438 g/mol. The van der Waals surface area contributed by atoms with Crippen molar-refractivity contribution in [2.75, 3.05) is 0 Å². The third-order valence-electron chi connectivity index (χ3n) is 5.90. The summed E-state index contributed by atoms with van der Waals surface area (Å²) in [5.74, 6) is 0. The van der Waals surface area contributed by atoms with Crippen LogP contribution >= 0.6 is 0 Å². The Labute approximate surface area is 199 Å². The Morgan fingerprint density at radius 3 is 2.29 bits per heavy atom. The number of aromatic nitrogens is 1. The molecule has 0 saturated carbocycles. The smallest absolute Gasteiger partial charge is 0.0716 e. The molecule has 4 aromatic carbocycles. The van der Waals surface area contributed by atoms with E-state index in [0.717, 1.165) is 27.8 Å². The fourth-order valence-electron chi connectivity index (χ4n) is 4.14. The first kappa shape index (κ1) is 21.2. The van der Waals surface area contributed by atoms with Crippen molar-refractivity contribution in [2.45, 2.75) is 0 Å². The number of hydrogen-bond donors (Lipinski definition) is 1. The summed E-state index contributed by atoms with van der Waals surface area (Å²) in [5, 5.41) is 11.1. The number of benzene rings is 4. The van der Waals surface area contributed by atoms with Crippen LogP contribution in [0.25, 0.3) is 38.7 Å². The molecule has 1 heterocycles. The third-order valence-corrected chi connectivity index (χ3v) is 5.90. The molecule has 0 aliphatic heterocycles. The molecule has 0 aliphatic rings. The molecule has 0 radical (unpaired) electrons. The Bertz CT molecular complexity index is 1510. The summed E-state index contributed by atoms with van der Waals surface area (Å²) in [5.41, 5.74) is 7.18. The molecule has 0 atom stereocenters. The molecule has 3 nitrogen and oxygen atoms in total. The van der Waals surface area contributed by atoms with Crippen LogP contribution in [-0.4, -0.2) is 17.4 Å². The van der Waals surface area contributed by atoms with Crippen LogP contribution in [0.1, 0.15) is 11.1 Å². The number of nitrogens with zero attached hydrogens (tertiary/aromatic N) is 2. The largest absolute Gasteiger partial charge is 0.300 e. The fourth-order valence-corrected chi connectivity index (χ4v) is 4.14. The number of aliphatic imine (C=N–C) groups is 1. The van der Waals surface area contributed by atoms with Crippen LogP contribution in [0, 0.1) is 5.41 Å². The van der Waals surface area contributed by atoms with Crippen LogP contribution in [0.2, 0.25) is 0 Å². The van der Waals surface area contributed by atoms with E-state index in [1.807, 2.05) is 48.7 Å². The Kier molecular flexibility index (Phi) is 5.91. The minimum Gasteiger partial charge on any atom is -0.300 e. The van der Waals surface area contributed by atoms with Gasteiger partial charge in [0.2, 0.25) is 0 Å². The highest BCUT2D eigenvalue weighted by Gasteiger charge is 2.08. The summed E-state index contributed by atoms with van der Waals surface area (Å²) in [6.45, 7) is 3.74. The second-order valence-corrected chi connectivity index (χ2v) is 8.03. The zero-order chi connectivity index (χ0) is 23.3. The van der Waals surface area contributed by atoms with Crippen molar-refractivity contribution in [2.24, 2.45) is 4.99 Å². The van der Waals surface area contributed by atoms with Crippen LogP contribution in [0.4, 0.5) is 0 Å². The Morgan fingerprint density at radius 1 is 0.735 bits per heavy atom. The van der Waals surface area contributed by atoms with E-state index >= 15 is 0 Å². The Balaban J connectivity index is 1.43. The molecule has 1 aromatic heterocycles. The molecule has 162 valence electrons. The van der Waals surface area contributed by atoms with Crippen LogP contribution in [0.15, 0.2) is 127 Å². The van der Waals surface area contributed by atoms with Gasteiger partial charge in [0, 0.05) is 23.5 Å². The fraction of sp³-hybridized carbons (Fsp3) is 0. The molecule has 5 rings (SSSR count).